The van der Waals surface area contributed by atoms with Crippen LogP contribution in [0.25, 0.3) is 0 Å². The number of amidine groups is 1. The number of ether oxygens (including phenoxy) is 1. The van der Waals surface area contributed by atoms with Gasteiger partial charge in [0.1, 0.15) is 18.2 Å². The van der Waals surface area contributed by atoms with Crippen molar-refractivity contribution >= 4 is 23.3 Å². The molecule has 1 atom stereocenters. The van der Waals surface area contributed by atoms with Gasteiger partial charge in [-0.1, -0.05) is 36.4 Å². The van der Waals surface area contributed by atoms with Crippen molar-refractivity contribution in [2.45, 2.75) is 38.0 Å². The molecule has 2 amide bonds. The van der Waals surface area contributed by atoms with E-state index < -0.39 is 35.2 Å². The molecule has 0 aliphatic carbocycles. The Morgan fingerprint density at radius 2 is 1.67 bits per heavy atom. The molecular weight excluding hydrogens is 583 g/mol. The van der Waals surface area contributed by atoms with Crippen LogP contribution >= 0.6 is 0 Å². The van der Waals surface area contributed by atoms with Crippen molar-refractivity contribution < 1.29 is 27.5 Å². The van der Waals surface area contributed by atoms with Gasteiger partial charge in [0.15, 0.2) is 0 Å². The van der Waals surface area contributed by atoms with Gasteiger partial charge in [-0.3, -0.25) is 20.0 Å². The maximum atomic E-state index is 14.3. The number of likely N-dealkylation sites (tertiary alicyclic amines) is 1. The zero-order valence-corrected chi connectivity index (χ0v) is 24.3. The molecule has 232 valence electrons. The van der Waals surface area contributed by atoms with E-state index in [4.69, 9.17) is 15.9 Å². The van der Waals surface area contributed by atoms with Gasteiger partial charge < -0.3 is 20.7 Å². The Morgan fingerprint density at radius 1 is 0.956 bits per heavy atom. The minimum absolute atomic E-state index is 0.0651. The zero-order valence-electron chi connectivity index (χ0n) is 24.3. The van der Waals surface area contributed by atoms with Crippen LogP contribution in [-0.4, -0.2) is 40.6 Å². The number of nitrogens with two attached hydrogens (primary N) is 1. The molecule has 3 aromatic carbocycles. The maximum absolute atomic E-state index is 14.3. The van der Waals surface area contributed by atoms with Crippen molar-refractivity contribution in [2.24, 2.45) is 5.73 Å². The van der Waals surface area contributed by atoms with E-state index >= 15 is 0 Å². The quantitative estimate of drug-likeness (QED) is 0.146. The highest BCUT2D eigenvalue weighted by Gasteiger charge is 2.36. The fraction of sp³-hybridized carbons (Fsp3) is 0.235. The predicted molar refractivity (Wildman–Crippen MR) is 164 cm³/mol. The summed E-state index contributed by atoms with van der Waals surface area (Å²) in [5.74, 6) is -2.22. The van der Waals surface area contributed by atoms with Crippen LogP contribution in [0.5, 0.6) is 5.75 Å². The summed E-state index contributed by atoms with van der Waals surface area (Å²) in [5, 5.41) is 10.4. The highest BCUT2D eigenvalue weighted by Crippen LogP contribution is 2.38. The molecule has 1 saturated heterocycles. The number of anilines is 1. The SMILES string of the molecule is N=C(N)c1ccc(OCc2ccccc2)c(C(Cc2cccnc2)C(=O)Nc2ccc(C(=O)N3CCCC3)cc2C(F)(F)F)c1. The summed E-state index contributed by atoms with van der Waals surface area (Å²) in [4.78, 5) is 32.5. The molecule has 1 aliphatic heterocycles. The number of nitrogen functional groups attached to an aromatic ring is 1. The maximum Gasteiger partial charge on any atom is 0.418 e. The smallest absolute Gasteiger partial charge is 0.418 e. The van der Waals surface area contributed by atoms with Gasteiger partial charge >= 0.3 is 6.18 Å². The third kappa shape index (κ3) is 7.67. The van der Waals surface area contributed by atoms with Crippen molar-refractivity contribution in [3.63, 3.8) is 0 Å². The molecule has 4 N–H and O–H groups in total. The van der Waals surface area contributed by atoms with Gasteiger partial charge in [0.25, 0.3) is 5.91 Å². The van der Waals surface area contributed by atoms with Crippen LogP contribution in [-0.2, 0) is 24.0 Å². The Hall–Kier alpha value is -5.19. The minimum atomic E-state index is -4.85. The first-order valence-electron chi connectivity index (χ1n) is 14.5. The van der Waals surface area contributed by atoms with Gasteiger partial charge in [0, 0.05) is 42.2 Å². The van der Waals surface area contributed by atoms with E-state index in [2.05, 4.69) is 10.3 Å². The van der Waals surface area contributed by atoms with E-state index in [1.807, 2.05) is 30.3 Å². The number of aromatic nitrogens is 1. The Morgan fingerprint density at radius 3 is 2.33 bits per heavy atom. The molecule has 1 unspecified atom stereocenters. The lowest BCUT2D eigenvalue weighted by Gasteiger charge is -2.23. The topological polar surface area (TPSA) is 121 Å². The Kier molecular flexibility index (Phi) is 9.46. The number of nitrogens with zero attached hydrogens (tertiary/aromatic N) is 2. The first kappa shape index (κ1) is 31.2. The molecule has 45 heavy (non-hydrogen) atoms. The molecule has 8 nitrogen and oxygen atoms in total. The number of pyridine rings is 1. The van der Waals surface area contributed by atoms with Crippen molar-refractivity contribution in [3.05, 3.63) is 125 Å². The minimum Gasteiger partial charge on any atom is -0.489 e. The number of hydrogen-bond donors (Lipinski definition) is 3. The lowest BCUT2D eigenvalue weighted by Crippen LogP contribution is -2.28. The Balaban J connectivity index is 1.52. The third-order valence-corrected chi connectivity index (χ3v) is 7.64. The van der Waals surface area contributed by atoms with Crippen LogP contribution in [0.15, 0.2) is 91.3 Å². The lowest BCUT2D eigenvalue weighted by molar-refractivity contribution is -0.137. The second kappa shape index (κ2) is 13.6. The van der Waals surface area contributed by atoms with Gasteiger partial charge in [0.05, 0.1) is 17.2 Å². The number of nitrogens with one attached hydrogen (secondary N) is 2. The van der Waals surface area contributed by atoms with Crippen molar-refractivity contribution in [3.8, 4) is 5.75 Å². The van der Waals surface area contributed by atoms with E-state index in [0.717, 1.165) is 30.5 Å². The van der Waals surface area contributed by atoms with Gasteiger partial charge in [-0.2, -0.15) is 13.2 Å². The number of amides is 2. The molecule has 4 aromatic rings. The number of carbonyl (C=O) groups excluding carboxylic acids is 2. The number of benzene rings is 3. The van der Waals surface area contributed by atoms with Gasteiger partial charge in [-0.25, -0.2) is 0 Å². The molecule has 0 saturated carbocycles. The van der Waals surface area contributed by atoms with Crippen molar-refractivity contribution in [1.29, 1.82) is 5.41 Å². The van der Waals surface area contributed by atoms with E-state index in [-0.39, 0.29) is 24.4 Å². The predicted octanol–water partition coefficient (Wildman–Crippen LogP) is 6.16. The molecule has 0 bridgehead atoms. The van der Waals surface area contributed by atoms with Gasteiger partial charge in [-0.05, 0) is 72.9 Å². The first-order chi connectivity index (χ1) is 21.6. The molecule has 0 radical (unpaired) electrons. The van der Waals surface area contributed by atoms with E-state index in [0.29, 0.717) is 35.5 Å². The summed E-state index contributed by atoms with van der Waals surface area (Å²) < 4.78 is 49.1. The van der Waals surface area contributed by atoms with E-state index in [1.165, 1.54) is 11.0 Å². The van der Waals surface area contributed by atoms with Crippen LogP contribution in [0.3, 0.4) is 0 Å². The first-order valence-corrected chi connectivity index (χ1v) is 14.5. The largest absolute Gasteiger partial charge is 0.489 e. The highest BCUT2D eigenvalue weighted by atomic mass is 19.4. The second-order valence-electron chi connectivity index (χ2n) is 10.8. The van der Waals surface area contributed by atoms with Crippen LogP contribution in [0.2, 0.25) is 0 Å². The number of alkyl halides is 3. The van der Waals surface area contributed by atoms with Crippen LogP contribution in [0, 0.1) is 5.41 Å². The molecule has 11 heteroatoms. The highest BCUT2D eigenvalue weighted by molar-refractivity contribution is 6.00. The number of hydrogen-bond acceptors (Lipinski definition) is 5. The fourth-order valence-corrected chi connectivity index (χ4v) is 5.30. The van der Waals surface area contributed by atoms with Gasteiger partial charge in [0.2, 0.25) is 5.91 Å². The fourth-order valence-electron chi connectivity index (χ4n) is 5.30. The number of halogens is 3. The zero-order chi connectivity index (χ0) is 32.0. The summed E-state index contributed by atoms with van der Waals surface area (Å²) in [7, 11) is 0. The molecule has 5 rings (SSSR count). The Labute approximate surface area is 258 Å². The molecule has 1 fully saturated rings. The summed E-state index contributed by atoms with van der Waals surface area (Å²) in [5.41, 5.74) is 6.26. The molecular formula is C34H32F3N5O3. The van der Waals surface area contributed by atoms with Gasteiger partial charge in [-0.15, -0.1) is 0 Å². The summed E-state index contributed by atoms with van der Waals surface area (Å²) in [6.45, 7) is 1.14. The standard InChI is InChI=1S/C34H32F3N5O3/c35-34(36,37)28-19-25(33(44)42-15-4-5-16-42)10-12-29(28)41-32(43)27(17-23-9-6-14-40-20-23)26-18-24(31(38)39)11-13-30(26)45-21-22-7-2-1-3-8-22/h1-3,6-14,18-20,27H,4-5,15-17,21H2,(H3,38,39)(H,41,43). The Bertz CT molecular complexity index is 1670. The average molecular weight is 616 g/mol. The normalized spacial score (nSPS) is 13.7. The average Bonchev–Trinajstić information content (AvgIpc) is 3.58. The van der Waals surface area contributed by atoms with Crippen LogP contribution < -0.4 is 15.8 Å². The summed E-state index contributed by atoms with van der Waals surface area (Å²) in [6, 6.07) is 20.7. The summed E-state index contributed by atoms with van der Waals surface area (Å²) in [6.07, 6.45) is -0.0429. The number of carbonyl (C=O) groups is 2. The molecule has 0 spiro atoms. The van der Waals surface area contributed by atoms with Crippen molar-refractivity contribution in [1.82, 2.24) is 9.88 Å². The lowest BCUT2D eigenvalue weighted by atomic mass is 9.89. The van der Waals surface area contributed by atoms with Crippen LogP contribution in [0.1, 0.15) is 56.9 Å². The summed E-state index contributed by atoms with van der Waals surface area (Å²) >= 11 is 0. The van der Waals surface area contributed by atoms with E-state index in [1.54, 1.807) is 42.7 Å². The van der Waals surface area contributed by atoms with Crippen LogP contribution in [0.4, 0.5) is 18.9 Å². The monoisotopic (exact) mass is 615 g/mol. The second-order valence-corrected chi connectivity index (χ2v) is 10.8. The number of rotatable bonds is 10. The molecule has 2 heterocycles. The van der Waals surface area contributed by atoms with E-state index in [9.17, 15) is 22.8 Å². The molecule has 1 aliphatic rings. The van der Waals surface area contributed by atoms with Crippen molar-refractivity contribution in [2.75, 3.05) is 18.4 Å². The third-order valence-electron chi connectivity index (χ3n) is 7.64. The molecule has 1 aromatic heterocycles.